The molecule has 1 aromatic carbocycles. The van der Waals surface area contributed by atoms with Crippen LogP contribution in [0.1, 0.15) is 22.8 Å². The van der Waals surface area contributed by atoms with Crippen molar-refractivity contribution in [1.29, 1.82) is 0 Å². The van der Waals surface area contributed by atoms with Crippen LogP contribution in [0.3, 0.4) is 0 Å². The minimum absolute atomic E-state index is 0. The van der Waals surface area contributed by atoms with Gasteiger partial charge in [0.25, 0.3) is 0 Å². The van der Waals surface area contributed by atoms with Crippen molar-refractivity contribution in [2.24, 2.45) is 0 Å². The molecule has 1 radical (unpaired) electrons. The van der Waals surface area contributed by atoms with Gasteiger partial charge in [-0.1, -0.05) is 30.3 Å². The van der Waals surface area contributed by atoms with Crippen LogP contribution in [-0.4, -0.2) is 48.1 Å². The Balaban J connectivity index is 0.00000185. The molecule has 10 heteroatoms. The molecule has 1 N–H and O–H groups in total. The molecule has 3 aromatic heterocycles. The van der Waals surface area contributed by atoms with Crippen molar-refractivity contribution >= 4 is 46.1 Å². The van der Waals surface area contributed by atoms with Gasteiger partial charge < -0.3 is 24.0 Å². The van der Waals surface area contributed by atoms with Crippen LogP contribution in [0.15, 0.2) is 60.7 Å². The SMILES string of the molecule is COC1=Cc2cc3ccc(cc4nc(cc5c(-c6ccccc6)c(OC)c(c(OC)c1n2)n5OC)C=C4)[nH]3.[Co].[Fe]. The van der Waals surface area contributed by atoms with E-state index in [9.17, 15) is 0 Å². The number of nitrogens with zero attached hydrogens (tertiary/aromatic N) is 3. The van der Waals surface area contributed by atoms with Crippen molar-refractivity contribution in [2.75, 3.05) is 28.4 Å². The molecule has 0 spiro atoms. The number of benzene rings is 1. The summed E-state index contributed by atoms with van der Waals surface area (Å²) in [6.45, 7) is 0. The van der Waals surface area contributed by atoms with Crippen LogP contribution in [0.2, 0.25) is 0 Å². The van der Waals surface area contributed by atoms with Crippen LogP contribution in [0.25, 0.3) is 57.2 Å². The maximum Gasteiger partial charge on any atom is 0.179 e. The standard InChI is InChI=1S/C30H26N4O4.Co.Fe/c1-35-25-17-23-15-21-11-10-19(31-21)14-20-12-13-22(32-20)16-24-26(18-8-6-5-7-9-18)29(36-2)28(34(24)38-4)30(37-3)27(25)33-23;;/h5-17,31H,1-4H3;;. The summed E-state index contributed by atoms with van der Waals surface area (Å²) in [5, 5.41) is 0. The first-order chi connectivity index (χ1) is 18.6. The first-order valence-corrected chi connectivity index (χ1v) is 12.1. The first kappa shape index (κ1) is 29.0. The average Bonchev–Trinajstić information content (AvgIpc) is 3.72. The first-order valence-electron chi connectivity index (χ1n) is 12.1. The number of fused-ring (bicyclic) bond motifs is 8. The van der Waals surface area contributed by atoms with Crippen molar-refractivity contribution in [2.45, 2.75) is 0 Å². The summed E-state index contributed by atoms with van der Waals surface area (Å²) in [4.78, 5) is 19.1. The number of methoxy groups -OCH3 is 3. The van der Waals surface area contributed by atoms with Crippen molar-refractivity contribution in [3.05, 3.63) is 83.4 Å². The predicted octanol–water partition coefficient (Wildman–Crippen LogP) is 5.84. The fourth-order valence-corrected chi connectivity index (χ4v) is 4.88. The Kier molecular flexibility index (Phi) is 8.75. The van der Waals surface area contributed by atoms with Crippen molar-refractivity contribution in [1.82, 2.24) is 19.7 Å². The van der Waals surface area contributed by atoms with E-state index in [2.05, 4.69) is 4.98 Å². The molecule has 5 heterocycles. The maximum absolute atomic E-state index is 6.05. The molecule has 8 bridgehead atoms. The fraction of sp³-hybridized carbons (Fsp3) is 0.133. The van der Waals surface area contributed by atoms with Crippen LogP contribution in [-0.2, 0) is 38.6 Å². The molecule has 2 aliphatic heterocycles. The molecule has 0 fully saturated rings. The van der Waals surface area contributed by atoms with Gasteiger partial charge in [-0.2, -0.15) is 4.73 Å². The minimum Gasteiger partial charge on any atom is -0.494 e. The summed E-state index contributed by atoms with van der Waals surface area (Å²) in [6, 6.07) is 19.9. The van der Waals surface area contributed by atoms with E-state index in [1.807, 2.05) is 78.9 Å². The molecule has 0 amide bonds. The van der Waals surface area contributed by atoms with Crippen molar-refractivity contribution < 1.29 is 52.9 Å². The summed E-state index contributed by atoms with van der Waals surface area (Å²) in [5.41, 5.74) is 7.79. The van der Waals surface area contributed by atoms with E-state index in [0.29, 0.717) is 34.2 Å². The Morgan fingerprint density at radius 2 is 1.38 bits per heavy atom. The monoisotopic (exact) mass is 621 g/mol. The van der Waals surface area contributed by atoms with Crippen molar-refractivity contribution in [3.63, 3.8) is 0 Å². The zero-order valence-electron chi connectivity index (χ0n) is 22.2. The zero-order valence-corrected chi connectivity index (χ0v) is 24.3. The molecule has 40 heavy (non-hydrogen) atoms. The van der Waals surface area contributed by atoms with E-state index in [1.165, 1.54) is 0 Å². The van der Waals surface area contributed by atoms with E-state index in [1.54, 1.807) is 33.2 Å². The second-order valence-electron chi connectivity index (χ2n) is 8.71. The van der Waals surface area contributed by atoms with E-state index in [4.69, 9.17) is 29.0 Å². The normalized spacial score (nSPS) is 11.7. The molecule has 207 valence electrons. The van der Waals surface area contributed by atoms with Crippen LogP contribution >= 0.6 is 0 Å². The van der Waals surface area contributed by atoms with E-state index >= 15 is 0 Å². The second-order valence-corrected chi connectivity index (χ2v) is 8.71. The molecule has 0 aliphatic carbocycles. The van der Waals surface area contributed by atoms with Crippen molar-refractivity contribution in [3.8, 4) is 22.6 Å². The van der Waals surface area contributed by atoms with Crippen LogP contribution in [0.5, 0.6) is 11.5 Å². The molecular formula is C30H26CoFeN4O4. The number of hydrogen-bond donors (Lipinski definition) is 1. The summed E-state index contributed by atoms with van der Waals surface area (Å²) in [7, 11) is 6.45. The van der Waals surface area contributed by atoms with Gasteiger partial charge in [0.15, 0.2) is 28.5 Å². The largest absolute Gasteiger partial charge is 0.494 e. The smallest absolute Gasteiger partial charge is 0.179 e. The number of nitrogens with one attached hydrogen (secondary N) is 1. The van der Waals surface area contributed by atoms with Crippen LogP contribution < -0.4 is 14.3 Å². The Hall–Kier alpha value is -3.95. The van der Waals surface area contributed by atoms with Gasteiger partial charge in [0.05, 0.1) is 49.5 Å². The fourth-order valence-electron chi connectivity index (χ4n) is 4.88. The molecule has 6 rings (SSSR count). The van der Waals surface area contributed by atoms with Gasteiger partial charge >= 0.3 is 0 Å². The van der Waals surface area contributed by atoms with Gasteiger partial charge in [-0.25, -0.2) is 9.97 Å². The molecule has 8 nitrogen and oxygen atoms in total. The molecular weight excluding hydrogens is 595 g/mol. The molecule has 0 saturated heterocycles. The average molecular weight is 621 g/mol. The van der Waals surface area contributed by atoms with E-state index < -0.39 is 0 Å². The number of rotatable bonds is 5. The summed E-state index contributed by atoms with van der Waals surface area (Å²) in [6.07, 6.45) is 5.83. The van der Waals surface area contributed by atoms with Gasteiger partial charge in [0.2, 0.25) is 0 Å². The number of hydrogen-bond acceptors (Lipinski definition) is 6. The van der Waals surface area contributed by atoms with E-state index in [0.717, 1.165) is 39.1 Å². The maximum atomic E-state index is 6.05. The molecule has 2 aliphatic rings. The minimum atomic E-state index is 0. The molecule has 0 saturated carbocycles. The van der Waals surface area contributed by atoms with E-state index in [-0.39, 0.29) is 33.8 Å². The Bertz CT molecular complexity index is 1780. The number of aromatic amines is 1. The molecule has 4 aromatic rings. The summed E-state index contributed by atoms with van der Waals surface area (Å²) in [5.74, 6) is 1.59. The Morgan fingerprint density at radius 3 is 2.00 bits per heavy atom. The van der Waals surface area contributed by atoms with Crippen LogP contribution in [0, 0.1) is 0 Å². The number of ether oxygens (including phenoxy) is 3. The Labute approximate surface area is 252 Å². The van der Waals surface area contributed by atoms with Gasteiger partial charge in [-0.15, -0.1) is 0 Å². The molecule has 0 unspecified atom stereocenters. The van der Waals surface area contributed by atoms with Crippen LogP contribution in [0.4, 0.5) is 0 Å². The third-order valence-electron chi connectivity index (χ3n) is 6.48. The van der Waals surface area contributed by atoms with Gasteiger partial charge in [-0.05, 0) is 48.0 Å². The topological polar surface area (TPSA) is 83.4 Å². The van der Waals surface area contributed by atoms with Gasteiger partial charge in [0.1, 0.15) is 7.11 Å². The second kappa shape index (κ2) is 12.1. The predicted molar refractivity (Wildman–Crippen MR) is 149 cm³/mol. The van der Waals surface area contributed by atoms with Gasteiger partial charge in [-0.3, -0.25) is 0 Å². The number of H-pyrrole nitrogens is 1. The summed E-state index contributed by atoms with van der Waals surface area (Å²) >= 11 is 0. The number of aromatic nitrogens is 4. The van der Waals surface area contributed by atoms with Gasteiger partial charge in [0, 0.05) is 51.0 Å². The third kappa shape index (κ3) is 5.02. The molecule has 0 atom stereocenters. The zero-order chi connectivity index (χ0) is 26.2. The third-order valence-corrected chi connectivity index (χ3v) is 6.48. The summed E-state index contributed by atoms with van der Waals surface area (Å²) < 4.78 is 19.5. The quantitative estimate of drug-likeness (QED) is 0.249. The Morgan fingerprint density at radius 1 is 0.725 bits per heavy atom.